The molecule has 0 aliphatic carbocycles. The summed E-state index contributed by atoms with van der Waals surface area (Å²) < 4.78 is 4.55. The summed E-state index contributed by atoms with van der Waals surface area (Å²) in [6, 6.07) is -0.542. The predicted molar refractivity (Wildman–Crippen MR) is 57.9 cm³/mol. The van der Waals surface area contributed by atoms with Crippen LogP contribution in [-0.2, 0) is 14.3 Å². The predicted octanol–water partition coefficient (Wildman–Crippen LogP) is 0.487. The number of carbonyl (C=O) groups is 2. The Labute approximate surface area is 90.1 Å². The second-order valence-corrected chi connectivity index (χ2v) is 3.25. The molecule has 15 heavy (non-hydrogen) atoms. The van der Waals surface area contributed by atoms with E-state index >= 15 is 0 Å². The Morgan fingerprint density at radius 1 is 1.53 bits per heavy atom. The van der Waals surface area contributed by atoms with Crippen molar-refractivity contribution in [3.05, 3.63) is 0 Å². The fraction of sp³-hybridized carbons (Fsp3) is 0.700. The van der Waals surface area contributed by atoms with Crippen LogP contribution in [0.15, 0.2) is 4.99 Å². The standard InChI is InChI=1S/C10H18N2O3/c1-8(10(14)15-4)12(3)9(13)6-5-7-11-2/h8H,2,5-7H2,1,3-4H3/t8-/m0/s1. The molecule has 0 fully saturated rings. The van der Waals surface area contributed by atoms with Gasteiger partial charge in [-0.2, -0.15) is 0 Å². The molecule has 5 heteroatoms. The molecule has 86 valence electrons. The second kappa shape index (κ2) is 6.98. The molecule has 0 aliphatic rings. The zero-order valence-corrected chi connectivity index (χ0v) is 9.52. The van der Waals surface area contributed by atoms with E-state index in [9.17, 15) is 9.59 Å². The first-order valence-electron chi connectivity index (χ1n) is 4.80. The number of carbonyl (C=O) groups excluding carboxylic acids is 2. The molecule has 0 N–H and O–H groups in total. The van der Waals surface area contributed by atoms with Gasteiger partial charge in [0.15, 0.2) is 0 Å². The molecule has 0 unspecified atom stereocenters. The number of hydrogen-bond acceptors (Lipinski definition) is 4. The number of methoxy groups -OCH3 is 1. The number of aliphatic imine (C=N–C) groups is 1. The van der Waals surface area contributed by atoms with Crippen LogP contribution < -0.4 is 0 Å². The van der Waals surface area contributed by atoms with Crippen LogP contribution in [0.25, 0.3) is 0 Å². The van der Waals surface area contributed by atoms with E-state index in [-0.39, 0.29) is 5.91 Å². The van der Waals surface area contributed by atoms with Crippen molar-refractivity contribution in [2.75, 3.05) is 20.7 Å². The highest BCUT2D eigenvalue weighted by molar-refractivity contribution is 5.83. The molecule has 0 rings (SSSR count). The third-order valence-electron chi connectivity index (χ3n) is 2.22. The lowest BCUT2D eigenvalue weighted by Crippen LogP contribution is -2.40. The van der Waals surface area contributed by atoms with Crippen molar-refractivity contribution in [2.45, 2.75) is 25.8 Å². The molecule has 5 nitrogen and oxygen atoms in total. The molecule has 0 aromatic carbocycles. The minimum absolute atomic E-state index is 0.0865. The highest BCUT2D eigenvalue weighted by Gasteiger charge is 2.22. The number of rotatable bonds is 6. The van der Waals surface area contributed by atoms with Gasteiger partial charge < -0.3 is 14.6 Å². The number of amides is 1. The Hall–Kier alpha value is -1.39. The topological polar surface area (TPSA) is 59.0 Å². The summed E-state index contributed by atoms with van der Waals surface area (Å²) >= 11 is 0. The van der Waals surface area contributed by atoms with Crippen molar-refractivity contribution in [3.63, 3.8) is 0 Å². The first kappa shape index (κ1) is 13.6. The lowest BCUT2D eigenvalue weighted by molar-refractivity contribution is -0.151. The average Bonchev–Trinajstić information content (AvgIpc) is 2.26. The summed E-state index contributed by atoms with van der Waals surface area (Å²) in [5.41, 5.74) is 0. The Balaban J connectivity index is 4.07. The highest BCUT2D eigenvalue weighted by atomic mass is 16.5. The Morgan fingerprint density at radius 3 is 2.60 bits per heavy atom. The first-order valence-corrected chi connectivity index (χ1v) is 4.80. The molecule has 0 saturated heterocycles. The molecule has 0 aromatic rings. The fourth-order valence-corrected chi connectivity index (χ4v) is 1.06. The third-order valence-corrected chi connectivity index (χ3v) is 2.22. The van der Waals surface area contributed by atoms with Crippen LogP contribution in [0, 0.1) is 0 Å². The van der Waals surface area contributed by atoms with Gasteiger partial charge in [0, 0.05) is 20.0 Å². The van der Waals surface area contributed by atoms with Crippen LogP contribution in [0.3, 0.4) is 0 Å². The van der Waals surface area contributed by atoms with Gasteiger partial charge in [-0.25, -0.2) is 4.79 Å². The quantitative estimate of drug-likeness (QED) is 0.367. The smallest absolute Gasteiger partial charge is 0.328 e. The second-order valence-electron chi connectivity index (χ2n) is 3.25. The molecule has 1 amide bonds. The van der Waals surface area contributed by atoms with Crippen molar-refractivity contribution in [1.29, 1.82) is 0 Å². The first-order chi connectivity index (χ1) is 7.04. The van der Waals surface area contributed by atoms with E-state index in [0.717, 1.165) is 0 Å². The molecule has 0 saturated carbocycles. The molecule has 0 aromatic heterocycles. The van der Waals surface area contributed by atoms with Crippen LogP contribution in [0.1, 0.15) is 19.8 Å². The fourth-order valence-electron chi connectivity index (χ4n) is 1.06. The van der Waals surface area contributed by atoms with Crippen LogP contribution in [-0.4, -0.2) is 50.2 Å². The van der Waals surface area contributed by atoms with E-state index in [2.05, 4.69) is 16.4 Å². The summed E-state index contributed by atoms with van der Waals surface area (Å²) in [5, 5.41) is 0. The van der Waals surface area contributed by atoms with Gasteiger partial charge in [-0.15, -0.1) is 0 Å². The zero-order valence-electron chi connectivity index (χ0n) is 9.52. The summed E-state index contributed by atoms with van der Waals surface area (Å²) in [6.45, 7) is 5.53. The van der Waals surface area contributed by atoms with E-state index in [0.29, 0.717) is 19.4 Å². The van der Waals surface area contributed by atoms with E-state index in [1.807, 2.05) is 0 Å². The average molecular weight is 214 g/mol. The Morgan fingerprint density at radius 2 is 2.13 bits per heavy atom. The number of esters is 1. The van der Waals surface area contributed by atoms with Gasteiger partial charge in [-0.3, -0.25) is 4.79 Å². The molecule has 0 spiro atoms. The van der Waals surface area contributed by atoms with Crippen LogP contribution in [0.5, 0.6) is 0 Å². The minimum Gasteiger partial charge on any atom is -0.467 e. The van der Waals surface area contributed by atoms with Crippen LogP contribution >= 0.6 is 0 Å². The van der Waals surface area contributed by atoms with Gasteiger partial charge >= 0.3 is 5.97 Å². The monoisotopic (exact) mass is 214 g/mol. The SMILES string of the molecule is C=NCCCC(=O)N(C)[C@@H](C)C(=O)OC. The van der Waals surface area contributed by atoms with Gasteiger partial charge in [0.2, 0.25) is 5.91 Å². The highest BCUT2D eigenvalue weighted by Crippen LogP contribution is 2.02. The Kier molecular flexibility index (Phi) is 6.33. The molecule has 0 bridgehead atoms. The van der Waals surface area contributed by atoms with E-state index in [1.165, 1.54) is 12.0 Å². The van der Waals surface area contributed by atoms with E-state index in [1.54, 1.807) is 14.0 Å². The van der Waals surface area contributed by atoms with Crippen molar-refractivity contribution >= 4 is 18.6 Å². The van der Waals surface area contributed by atoms with Crippen molar-refractivity contribution < 1.29 is 14.3 Å². The Bertz CT molecular complexity index is 241. The summed E-state index contributed by atoms with van der Waals surface area (Å²) in [6.07, 6.45) is 1.03. The van der Waals surface area contributed by atoms with Gasteiger partial charge in [-0.05, 0) is 20.1 Å². The van der Waals surface area contributed by atoms with Crippen molar-refractivity contribution in [2.24, 2.45) is 4.99 Å². The molecular formula is C10H18N2O3. The number of ether oxygens (including phenoxy) is 1. The molecule has 0 aliphatic heterocycles. The molecule has 0 radical (unpaired) electrons. The number of likely N-dealkylation sites (N-methyl/N-ethyl adjacent to an activating group) is 1. The van der Waals surface area contributed by atoms with Crippen LogP contribution in [0.2, 0.25) is 0 Å². The van der Waals surface area contributed by atoms with Gasteiger partial charge in [0.05, 0.1) is 7.11 Å². The van der Waals surface area contributed by atoms with Gasteiger partial charge in [-0.1, -0.05) is 0 Å². The van der Waals surface area contributed by atoms with Crippen molar-refractivity contribution in [3.8, 4) is 0 Å². The molecular weight excluding hydrogens is 196 g/mol. The van der Waals surface area contributed by atoms with E-state index < -0.39 is 12.0 Å². The molecule has 0 heterocycles. The summed E-state index contributed by atoms with van der Waals surface area (Å²) in [4.78, 5) is 27.7. The normalized spacial score (nSPS) is 11.7. The largest absolute Gasteiger partial charge is 0.467 e. The maximum Gasteiger partial charge on any atom is 0.328 e. The number of nitrogens with zero attached hydrogens (tertiary/aromatic N) is 2. The lowest BCUT2D eigenvalue weighted by atomic mass is 10.2. The van der Waals surface area contributed by atoms with E-state index in [4.69, 9.17) is 0 Å². The maximum absolute atomic E-state index is 11.5. The molecule has 1 atom stereocenters. The summed E-state index contributed by atoms with van der Waals surface area (Å²) in [7, 11) is 2.89. The van der Waals surface area contributed by atoms with Crippen LogP contribution in [0.4, 0.5) is 0 Å². The van der Waals surface area contributed by atoms with Crippen molar-refractivity contribution in [1.82, 2.24) is 4.90 Å². The number of hydrogen-bond donors (Lipinski definition) is 0. The minimum atomic E-state index is -0.542. The maximum atomic E-state index is 11.5. The van der Waals surface area contributed by atoms with Gasteiger partial charge in [0.1, 0.15) is 6.04 Å². The third kappa shape index (κ3) is 4.58. The van der Waals surface area contributed by atoms with Gasteiger partial charge in [0.25, 0.3) is 0 Å². The summed E-state index contributed by atoms with van der Waals surface area (Å²) in [5.74, 6) is -0.496. The lowest BCUT2D eigenvalue weighted by Gasteiger charge is -2.22. The zero-order chi connectivity index (χ0) is 11.8.